The van der Waals surface area contributed by atoms with E-state index in [0.29, 0.717) is 6.61 Å². The van der Waals surface area contributed by atoms with E-state index in [9.17, 15) is 0 Å². The maximum atomic E-state index is 5.73. The van der Waals surface area contributed by atoms with Crippen LogP contribution < -0.4 is 10.5 Å². The van der Waals surface area contributed by atoms with Crippen molar-refractivity contribution < 1.29 is 4.74 Å². The summed E-state index contributed by atoms with van der Waals surface area (Å²) >= 11 is 0. The number of nitrogens with two attached hydrogens (primary N) is 1. The third-order valence-electron chi connectivity index (χ3n) is 1.99. The SMILES string of the molecule is CC=CCOc1ccc([C@H](C)N)cc1. The van der Waals surface area contributed by atoms with Gasteiger partial charge >= 0.3 is 0 Å². The second kappa shape index (κ2) is 5.45. The van der Waals surface area contributed by atoms with Crippen molar-refractivity contribution >= 4 is 0 Å². The molecule has 76 valence electrons. The predicted molar refractivity (Wildman–Crippen MR) is 59.4 cm³/mol. The van der Waals surface area contributed by atoms with E-state index in [1.54, 1.807) is 0 Å². The third-order valence-corrected chi connectivity index (χ3v) is 1.99. The van der Waals surface area contributed by atoms with Crippen LogP contribution >= 0.6 is 0 Å². The van der Waals surface area contributed by atoms with Crippen molar-refractivity contribution in [2.24, 2.45) is 5.73 Å². The molecular weight excluding hydrogens is 174 g/mol. The van der Waals surface area contributed by atoms with Crippen molar-refractivity contribution in [1.29, 1.82) is 0 Å². The van der Waals surface area contributed by atoms with Crippen LogP contribution in [-0.2, 0) is 0 Å². The van der Waals surface area contributed by atoms with Gasteiger partial charge in [0.2, 0.25) is 0 Å². The molecule has 0 amide bonds. The molecule has 0 saturated heterocycles. The Labute approximate surface area is 85.4 Å². The largest absolute Gasteiger partial charge is 0.490 e. The van der Waals surface area contributed by atoms with Crippen molar-refractivity contribution in [3.8, 4) is 5.75 Å². The summed E-state index contributed by atoms with van der Waals surface area (Å²) in [6.45, 7) is 4.56. The molecule has 1 aromatic rings. The fraction of sp³-hybridized carbons (Fsp3) is 0.333. The number of rotatable bonds is 4. The minimum atomic E-state index is 0.0830. The Balaban J connectivity index is 2.55. The van der Waals surface area contributed by atoms with Crippen LogP contribution in [0, 0.1) is 0 Å². The zero-order valence-electron chi connectivity index (χ0n) is 8.73. The van der Waals surface area contributed by atoms with Crippen LogP contribution in [0.25, 0.3) is 0 Å². The number of ether oxygens (including phenoxy) is 1. The second-order valence-corrected chi connectivity index (χ2v) is 3.24. The van der Waals surface area contributed by atoms with Gasteiger partial charge < -0.3 is 10.5 Å². The summed E-state index contributed by atoms with van der Waals surface area (Å²) < 4.78 is 5.45. The summed E-state index contributed by atoms with van der Waals surface area (Å²) in [7, 11) is 0. The topological polar surface area (TPSA) is 35.2 Å². The molecule has 0 bridgehead atoms. The lowest BCUT2D eigenvalue weighted by molar-refractivity contribution is 0.362. The van der Waals surface area contributed by atoms with Crippen molar-refractivity contribution in [2.45, 2.75) is 19.9 Å². The summed E-state index contributed by atoms with van der Waals surface area (Å²) in [5.74, 6) is 0.882. The average molecular weight is 191 g/mol. The quantitative estimate of drug-likeness (QED) is 0.742. The fourth-order valence-electron chi connectivity index (χ4n) is 1.11. The van der Waals surface area contributed by atoms with E-state index in [4.69, 9.17) is 10.5 Å². The van der Waals surface area contributed by atoms with Gasteiger partial charge in [0.1, 0.15) is 12.4 Å². The van der Waals surface area contributed by atoms with Crippen LogP contribution in [0.3, 0.4) is 0 Å². The Morgan fingerprint density at radius 3 is 2.50 bits per heavy atom. The Hall–Kier alpha value is -1.28. The fourth-order valence-corrected chi connectivity index (χ4v) is 1.11. The zero-order chi connectivity index (χ0) is 10.4. The first kappa shape index (κ1) is 10.8. The van der Waals surface area contributed by atoms with Crippen LogP contribution in [-0.4, -0.2) is 6.61 Å². The summed E-state index contributed by atoms with van der Waals surface area (Å²) in [4.78, 5) is 0. The summed E-state index contributed by atoms with van der Waals surface area (Å²) in [5, 5.41) is 0. The van der Waals surface area contributed by atoms with Gasteiger partial charge in [-0.05, 0) is 31.5 Å². The van der Waals surface area contributed by atoms with Crippen LogP contribution in [0.5, 0.6) is 5.75 Å². The van der Waals surface area contributed by atoms with Gasteiger partial charge in [-0.15, -0.1) is 0 Å². The highest BCUT2D eigenvalue weighted by Crippen LogP contribution is 2.15. The van der Waals surface area contributed by atoms with Crippen molar-refractivity contribution in [3.05, 3.63) is 42.0 Å². The van der Waals surface area contributed by atoms with Crippen molar-refractivity contribution in [1.82, 2.24) is 0 Å². The number of allylic oxidation sites excluding steroid dienone is 1. The molecule has 1 aromatic carbocycles. The zero-order valence-corrected chi connectivity index (χ0v) is 8.73. The highest BCUT2D eigenvalue weighted by molar-refractivity contribution is 5.28. The summed E-state index contributed by atoms with van der Waals surface area (Å²) in [6, 6.07) is 7.97. The van der Waals surface area contributed by atoms with Gasteiger partial charge in [-0.25, -0.2) is 0 Å². The van der Waals surface area contributed by atoms with E-state index in [1.807, 2.05) is 50.3 Å². The standard InChI is InChI=1S/C12H17NO/c1-3-4-9-14-12-7-5-11(6-8-12)10(2)13/h3-8,10H,9,13H2,1-2H3/t10-/m0/s1. The molecule has 2 heteroatoms. The Morgan fingerprint density at radius 1 is 1.36 bits per heavy atom. The minimum Gasteiger partial charge on any atom is -0.490 e. The lowest BCUT2D eigenvalue weighted by atomic mass is 10.1. The van der Waals surface area contributed by atoms with Crippen LogP contribution in [0.15, 0.2) is 36.4 Å². The maximum absolute atomic E-state index is 5.73. The lowest BCUT2D eigenvalue weighted by Gasteiger charge is -2.07. The molecule has 0 aliphatic heterocycles. The molecule has 0 unspecified atom stereocenters. The monoisotopic (exact) mass is 191 g/mol. The molecule has 2 nitrogen and oxygen atoms in total. The first-order valence-corrected chi connectivity index (χ1v) is 4.83. The summed E-state index contributed by atoms with van der Waals surface area (Å²) in [6.07, 6.45) is 3.94. The highest BCUT2D eigenvalue weighted by atomic mass is 16.5. The van der Waals surface area contributed by atoms with Crippen LogP contribution in [0.4, 0.5) is 0 Å². The Kier molecular flexibility index (Phi) is 4.20. The smallest absolute Gasteiger partial charge is 0.119 e. The second-order valence-electron chi connectivity index (χ2n) is 3.24. The third kappa shape index (κ3) is 3.23. The van der Waals surface area contributed by atoms with Gasteiger partial charge in [-0.3, -0.25) is 0 Å². The number of benzene rings is 1. The van der Waals surface area contributed by atoms with E-state index in [0.717, 1.165) is 11.3 Å². The van der Waals surface area contributed by atoms with Gasteiger partial charge in [-0.1, -0.05) is 24.3 Å². The van der Waals surface area contributed by atoms with E-state index >= 15 is 0 Å². The molecule has 0 aliphatic rings. The molecule has 1 atom stereocenters. The average Bonchev–Trinajstić information content (AvgIpc) is 2.19. The molecule has 14 heavy (non-hydrogen) atoms. The molecule has 0 radical (unpaired) electrons. The van der Waals surface area contributed by atoms with Crippen molar-refractivity contribution in [2.75, 3.05) is 6.61 Å². The lowest BCUT2D eigenvalue weighted by Crippen LogP contribution is -2.04. The Bertz CT molecular complexity index is 288. The molecule has 0 spiro atoms. The van der Waals surface area contributed by atoms with E-state index in [2.05, 4.69) is 0 Å². The molecule has 0 heterocycles. The van der Waals surface area contributed by atoms with Crippen LogP contribution in [0.2, 0.25) is 0 Å². The number of hydrogen-bond donors (Lipinski definition) is 1. The predicted octanol–water partition coefficient (Wildman–Crippen LogP) is 2.66. The number of hydrogen-bond acceptors (Lipinski definition) is 2. The normalized spacial score (nSPS) is 13.1. The highest BCUT2D eigenvalue weighted by Gasteiger charge is 1.98. The minimum absolute atomic E-state index is 0.0830. The van der Waals surface area contributed by atoms with Crippen LogP contribution in [0.1, 0.15) is 25.5 Å². The van der Waals surface area contributed by atoms with Gasteiger partial charge in [-0.2, -0.15) is 0 Å². The molecular formula is C12H17NO. The van der Waals surface area contributed by atoms with Crippen molar-refractivity contribution in [3.63, 3.8) is 0 Å². The molecule has 0 aliphatic carbocycles. The van der Waals surface area contributed by atoms with E-state index in [-0.39, 0.29) is 6.04 Å². The summed E-state index contributed by atoms with van der Waals surface area (Å²) in [5.41, 5.74) is 6.86. The first-order chi connectivity index (χ1) is 6.74. The van der Waals surface area contributed by atoms with Gasteiger partial charge in [0.05, 0.1) is 0 Å². The molecule has 0 fully saturated rings. The molecule has 0 aromatic heterocycles. The van der Waals surface area contributed by atoms with Gasteiger partial charge in [0.25, 0.3) is 0 Å². The van der Waals surface area contributed by atoms with Gasteiger partial charge in [0.15, 0.2) is 0 Å². The molecule has 0 saturated carbocycles. The van der Waals surface area contributed by atoms with Gasteiger partial charge in [0, 0.05) is 6.04 Å². The van der Waals surface area contributed by atoms with E-state index < -0.39 is 0 Å². The first-order valence-electron chi connectivity index (χ1n) is 4.83. The van der Waals surface area contributed by atoms with E-state index in [1.165, 1.54) is 0 Å². The Morgan fingerprint density at radius 2 is 2.00 bits per heavy atom. The molecule has 2 N–H and O–H groups in total. The maximum Gasteiger partial charge on any atom is 0.119 e. The molecule has 1 rings (SSSR count).